The first-order valence-electron chi connectivity index (χ1n) is 16.8. The minimum absolute atomic E-state index is 0.116. The summed E-state index contributed by atoms with van der Waals surface area (Å²) < 4.78 is 14.4. The lowest BCUT2D eigenvalue weighted by Gasteiger charge is -2.17. The molecule has 1 N–H and O–H groups in total. The molecule has 0 radical (unpaired) electrons. The predicted molar refractivity (Wildman–Crippen MR) is 209 cm³/mol. The lowest BCUT2D eigenvalue weighted by Crippen LogP contribution is -2.27. The number of nitrogens with one attached hydrogen (secondary N) is 1. The minimum Gasteiger partial charge on any atom is -0.414 e. The maximum Gasteiger partial charge on any atom is 0.273 e. The molecule has 6 heteroatoms. The van der Waals surface area contributed by atoms with Gasteiger partial charge in [0.1, 0.15) is 5.82 Å². The van der Waals surface area contributed by atoms with E-state index in [9.17, 15) is 4.79 Å². The number of aromatic nitrogens is 1. The molecule has 8 rings (SSSR count). The summed E-state index contributed by atoms with van der Waals surface area (Å²) in [6, 6.07) is 44.2. The fraction of sp³-hybridized carbons (Fsp3) is 0.136. The van der Waals surface area contributed by atoms with E-state index in [1.54, 1.807) is 6.07 Å². The van der Waals surface area contributed by atoms with Gasteiger partial charge in [-0.3, -0.25) is 4.79 Å². The molecule has 0 fully saturated rings. The fourth-order valence-electron chi connectivity index (χ4n) is 6.41. The second-order valence-corrected chi connectivity index (χ2v) is 15.3. The molecule has 1 amide bonds. The van der Waals surface area contributed by atoms with Gasteiger partial charge in [0.15, 0.2) is 16.6 Å². The molecular weight excluding hydrogens is 635 g/mol. The van der Waals surface area contributed by atoms with Crippen molar-refractivity contribution in [1.29, 1.82) is 0 Å². The van der Waals surface area contributed by atoms with Crippen molar-refractivity contribution in [2.75, 3.05) is 5.32 Å². The van der Waals surface area contributed by atoms with Gasteiger partial charge in [-0.1, -0.05) is 135 Å². The van der Waals surface area contributed by atoms with Crippen molar-refractivity contribution in [1.82, 2.24) is 4.98 Å². The van der Waals surface area contributed by atoms with Crippen LogP contribution in [0.1, 0.15) is 31.9 Å². The maximum absolute atomic E-state index is 13.0. The van der Waals surface area contributed by atoms with Gasteiger partial charge in [0.2, 0.25) is 5.91 Å². The highest BCUT2D eigenvalue weighted by atomic mass is 31.1. The molecule has 246 valence electrons. The SMILES string of the molecule is Cc1ccc(-c2cc3ccccc3c3c2op(-c2cccc(NC(=O)C(C)(C)C)n2)oc2c(-c4ccc(C)cc4)cc4ccccc4c23)cc1. The lowest BCUT2D eigenvalue weighted by molar-refractivity contribution is -0.123. The Morgan fingerprint density at radius 2 is 1.10 bits per heavy atom. The normalized spacial score (nSPS) is 11.8. The molecular formula is C44H37N2O3P. The van der Waals surface area contributed by atoms with E-state index in [2.05, 4.69) is 128 Å². The van der Waals surface area contributed by atoms with E-state index in [1.807, 2.05) is 32.9 Å². The molecule has 2 aromatic heterocycles. The van der Waals surface area contributed by atoms with Gasteiger partial charge < -0.3 is 13.7 Å². The molecule has 0 unspecified atom stereocenters. The molecule has 5 nitrogen and oxygen atoms in total. The third-order valence-corrected chi connectivity index (χ3v) is 10.5. The van der Waals surface area contributed by atoms with Crippen molar-refractivity contribution in [3.63, 3.8) is 0 Å². The summed E-state index contributed by atoms with van der Waals surface area (Å²) >= 11 is 0. The Bertz CT molecular complexity index is 2490. The van der Waals surface area contributed by atoms with Gasteiger partial charge in [0.25, 0.3) is 8.01 Å². The van der Waals surface area contributed by atoms with Crippen LogP contribution in [0.3, 0.4) is 0 Å². The molecule has 0 saturated heterocycles. The third kappa shape index (κ3) is 5.74. The molecule has 0 atom stereocenters. The van der Waals surface area contributed by atoms with Gasteiger partial charge in [0, 0.05) is 27.3 Å². The Labute approximate surface area is 292 Å². The highest BCUT2D eigenvalue weighted by Crippen LogP contribution is 2.50. The molecule has 0 aliphatic rings. The number of anilines is 1. The Morgan fingerprint density at radius 1 is 0.620 bits per heavy atom. The first kappa shape index (κ1) is 31.6. The summed E-state index contributed by atoms with van der Waals surface area (Å²) in [4.78, 5) is 17.9. The third-order valence-electron chi connectivity index (χ3n) is 9.17. The van der Waals surface area contributed by atoms with E-state index in [4.69, 9.17) is 13.4 Å². The molecule has 6 aromatic carbocycles. The van der Waals surface area contributed by atoms with E-state index < -0.39 is 13.4 Å². The van der Waals surface area contributed by atoms with Crippen LogP contribution in [0.15, 0.2) is 136 Å². The maximum atomic E-state index is 13.0. The summed E-state index contributed by atoms with van der Waals surface area (Å²) in [7, 11) is -1.83. The van der Waals surface area contributed by atoms with Gasteiger partial charge in [-0.25, -0.2) is 4.98 Å². The Balaban J connectivity index is 1.58. The number of carbonyl (C=O) groups is 1. The van der Waals surface area contributed by atoms with E-state index in [-0.39, 0.29) is 5.91 Å². The van der Waals surface area contributed by atoms with Crippen LogP contribution >= 0.6 is 8.01 Å². The number of nitrogens with zero attached hydrogens (tertiary/aromatic N) is 1. The van der Waals surface area contributed by atoms with Crippen molar-refractivity contribution < 1.29 is 13.2 Å². The summed E-state index contributed by atoms with van der Waals surface area (Å²) in [5.74, 6) is 0.339. The van der Waals surface area contributed by atoms with Gasteiger partial charge in [-0.05, 0) is 70.8 Å². The number of hydrogen-bond acceptors (Lipinski definition) is 4. The smallest absolute Gasteiger partial charge is 0.273 e. The summed E-state index contributed by atoms with van der Waals surface area (Å²) in [5, 5.41) is 9.34. The first-order chi connectivity index (χ1) is 24.1. The molecule has 2 heterocycles. The largest absolute Gasteiger partial charge is 0.414 e. The second kappa shape index (κ2) is 12.4. The predicted octanol–water partition coefficient (Wildman–Crippen LogP) is 12.9. The average molecular weight is 673 g/mol. The summed E-state index contributed by atoms with van der Waals surface area (Å²) in [6.07, 6.45) is 0. The monoisotopic (exact) mass is 672 g/mol. The van der Waals surface area contributed by atoms with Crippen molar-refractivity contribution in [2.24, 2.45) is 5.41 Å². The molecule has 0 bridgehead atoms. The molecule has 0 saturated carbocycles. The number of amides is 1. The minimum atomic E-state index is -1.83. The average Bonchev–Trinajstić information content (AvgIpc) is 3.30. The van der Waals surface area contributed by atoms with Crippen LogP contribution in [0.4, 0.5) is 5.82 Å². The van der Waals surface area contributed by atoms with Gasteiger partial charge in [-0.15, -0.1) is 0 Å². The van der Waals surface area contributed by atoms with E-state index in [1.165, 1.54) is 11.1 Å². The molecule has 0 spiro atoms. The number of hydrogen-bond donors (Lipinski definition) is 1. The number of aryl methyl sites for hydroxylation is 2. The van der Waals surface area contributed by atoms with Crippen LogP contribution in [-0.2, 0) is 4.79 Å². The number of rotatable bonds is 4. The lowest BCUT2D eigenvalue weighted by atomic mass is 9.91. The van der Waals surface area contributed by atoms with Crippen molar-refractivity contribution in [3.05, 3.63) is 139 Å². The zero-order valence-electron chi connectivity index (χ0n) is 28.7. The topological polar surface area (TPSA) is 68.3 Å². The summed E-state index contributed by atoms with van der Waals surface area (Å²) in [5.41, 5.74) is 7.94. The van der Waals surface area contributed by atoms with Crippen molar-refractivity contribution in [2.45, 2.75) is 34.6 Å². The van der Waals surface area contributed by atoms with Crippen LogP contribution in [0.25, 0.3) is 71.2 Å². The molecule has 8 aromatic rings. The molecule has 0 aliphatic heterocycles. The number of fused-ring (bicyclic) bond motifs is 7. The van der Waals surface area contributed by atoms with Crippen molar-refractivity contribution in [3.8, 4) is 27.7 Å². The van der Waals surface area contributed by atoms with E-state index >= 15 is 0 Å². The van der Waals surface area contributed by atoms with Gasteiger partial charge in [-0.2, -0.15) is 0 Å². The summed E-state index contributed by atoms with van der Waals surface area (Å²) in [6.45, 7) is 9.85. The highest BCUT2D eigenvalue weighted by Gasteiger charge is 2.23. The van der Waals surface area contributed by atoms with E-state index in [0.717, 1.165) is 65.7 Å². The van der Waals surface area contributed by atoms with Crippen LogP contribution in [0.2, 0.25) is 0 Å². The van der Waals surface area contributed by atoms with Gasteiger partial charge >= 0.3 is 0 Å². The Hall–Kier alpha value is -5.64. The second-order valence-electron chi connectivity index (χ2n) is 14.0. The first-order valence-corrected chi connectivity index (χ1v) is 18.0. The number of benzene rings is 6. The standard InChI is InChI=1S/C44H37N2O3P/c1-27-17-21-29(22-18-27)35-25-31-11-6-8-13-33(31)39-40-34-14-9-7-12-32(34)26-36(30-23-19-28(2)20-24-30)42(40)49-50(48-41(35)39)38-16-10-15-37(45-38)46-43(47)44(3,4)5/h6-26H,1-5H3,(H,45,46,47). The van der Waals surface area contributed by atoms with Crippen LogP contribution < -0.4 is 5.32 Å². The molecule has 0 aliphatic carbocycles. The fourth-order valence-corrected chi connectivity index (χ4v) is 7.75. The van der Waals surface area contributed by atoms with Gasteiger partial charge in [0.05, 0.1) is 0 Å². The van der Waals surface area contributed by atoms with Crippen molar-refractivity contribution >= 4 is 63.2 Å². The van der Waals surface area contributed by atoms with E-state index in [0.29, 0.717) is 11.3 Å². The molecule has 50 heavy (non-hydrogen) atoms. The zero-order chi connectivity index (χ0) is 34.6. The number of pyridine rings is 1. The van der Waals surface area contributed by atoms with Crippen LogP contribution in [0.5, 0.6) is 0 Å². The van der Waals surface area contributed by atoms with Crippen LogP contribution in [-0.4, -0.2) is 10.9 Å². The van der Waals surface area contributed by atoms with Crippen LogP contribution in [0, 0.1) is 19.3 Å². The number of carbonyl (C=O) groups excluding carboxylic acids is 1. The zero-order valence-corrected chi connectivity index (χ0v) is 29.6. The Morgan fingerprint density at radius 3 is 1.58 bits per heavy atom. The quantitative estimate of drug-likeness (QED) is 0.202. The highest BCUT2D eigenvalue weighted by molar-refractivity contribution is 7.45. The Kier molecular flexibility index (Phi) is 7.81.